The van der Waals surface area contributed by atoms with Crippen molar-refractivity contribution in [2.75, 3.05) is 26.2 Å². The third kappa shape index (κ3) is 2.66. The van der Waals surface area contributed by atoms with Crippen molar-refractivity contribution in [2.45, 2.75) is 19.3 Å². The van der Waals surface area contributed by atoms with Gasteiger partial charge in [-0.05, 0) is 43.2 Å². The number of likely N-dealkylation sites (tertiary alicyclic amines) is 1. The fourth-order valence-corrected chi connectivity index (χ4v) is 4.56. The van der Waals surface area contributed by atoms with E-state index in [1.165, 1.54) is 11.3 Å². The lowest BCUT2D eigenvalue weighted by molar-refractivity contribution is 0.0774. The van der Waals surface area contributed by atoms with Gasteiger partial charge in [0.15, 0.2) is 5.69 Å². The van der Waals surface area contributed by atoms with Crippen LogP contribution in [0.15, 0.2) is 30.3 Å². The van der Waals surface area contributed by atoms with Gasteiger partial charge in [0.25, 0.3) is 5.91 Å². The van der Waals surface area contributed by atoms with Crippen LogP contribution in [0.3, 0.4) is 0 Å². The van der Waals surface area contributed by atoms with Crippen LogP contribution in [0.1, 0.15) is 28.2 Å². The maximum absolute atomic E-state index is 13.1. The summed E-state index contributed by atoms with van der Waals surface area (Å²) in [5.74, 6) is 1.38. The summed E-state index contributed by atoms with van der Waals surface area (Å²) in [6, 6.07) is 10.2. The van der Waals surface area contributed by atoms with E-state index >= 15 is 0 Å². The van der Waals surface area contributed by atoms with Crippen molar-refractivity contribution in [3.05, 3.63) is 47.3 Å². The minimum Gasteiger partial charge on any atom is -0.337 e. The van der Waals surface area contributed by atoms with Crippen LogP contribution in [0.25, 0.3) is 5.69 Å². The van der Waals surface area contributed by atoms with Crippen molar-refractivity contribution in [3.8, 4) is 5.69 Å². The Morgan fingerprint density at radius 1 is 1.08 bits per heavy atom. The minimum absolute atomic E-state index is 0. The van der Waals surface area contributed by atoms with Gasteiger partial charge in [0, 0.05) is 37.4 Å². The second kappa shape index (κ2) is 6.46. The SMILES string of the molecule is Cl.O=C(c1nn(-c2ccccc2)c2c1CCC2)N1C[C@H]2CNC[C@H]2C1. The van der Waals surface area contributed by atoms with E-state index in [-0.39, 0.29) is 18.3 Å². The van der Waals surface area contributed by atoms with Crippen molar-refractivity contribution >= 4 is 18.3 Å². The van der Waals surface area contributed by atoms with Crippen LogP contribution in [0.4, 0.5) is 0 Å². The average Bonchev–Trinajstić information content (AvgIpc) is 3.34. The molecule has 1 aromatic heterocycles. The number of para-hydroxylation sites is 1. The van der Waals surface area contributed by atoms with Crippen LogP contribution in [0, 0.1) is 11.8 Å². The summed E-state index contributed by atoms with van der Waals surface area (Å²) in [6.45, 7) is 3.85. The van der Waals surface area contributed by atoms with Crippen LogP contribution in [-0.4, -0.2) is 46.8 Å². The average molecular weight is 359 g/mol. The Labute approximate surface area is 153 Å². The normalized spacial score (nSPS) is 24.1. The topological polar surface area (TPSA) is 50.2 Å². The second-order valence-electron chi connectivity index (χ2n) is 7.26. The molecule has 2 atom stereocenters. The maximum atomic E-state index is 13.1. The number of nitrogens with one attached hydrogen (secondary N) is 1. The third-order valence-corrected chi connectivity index (χ3v) is 5.81. The molecule has 5 rings (SSSR count). The summed E-state index contributed by atoms with van der Waals surface area (Å²) in [6.07, 6.45) is 3.11. The summed E-state index contributed by atoms with van der Waals surface area (Å²) in [7, 11) is 0. The van der Waals surface area contributed by atoms with Gasteiger partial charge in [-0.15, -0.1) is 12.4 Å². The first-order chi connectivity index (χ1) is 11.8. The van der Waals surface area contributed by atoms with Crippen LogP contribution >= 0.6 is 12.4 Å². The Morgan fingerprint density at radius 2 is 1.80 bits per heavy atom. The fourth-order valence-electron chi connectivity index (χ4n) is 4.56. The van der Waals surface area contributed by atoms with Gasteiger partial charge in [0.05, 0.1) is 5.69 Å². The molecule has 2 aromatic rings. The Hall–Kier alpha value is -1.85. The zero-order valence-corrected chi connectivity index (χ0v) is 15.0. The van der Waals surface area contributed by atoms with E-state index in [2.05, 4.69) is 17.4 Å². The lowest BCUT2D eigenvalue weighted by Crippen LogP contribution is -2.32. The lowest BCUT2D eigenvalue weighted by atomic mass is 10.0. The van der Waals surface area contributed by atoms with E-state index in [0.717, 1.165) is 51.1 Å². The van der Waals surface area contributed by atoms with Gasteiger partial charge in [0.2, 0.25) is 0 Å². The molecule has 0 spiro atoms. The second-order valence-corrected chi connectivity index (χ2v) is 7.26. The van der Waals surface area contributed by atoms with Gasteiger partial charge in [0.1, 0.15) is 0 Å². The van der Waals surface area contributed by atoms with Crippen LogP contribution < -0.4 is 5.32 Å². The predicted molar refractivity (Wildman–Crippen MR) is 98.6 cm³/mol. The Bertz CT molecular complexity index is 776. The standard InChI is InChI=1S/C19H22N4O.ClH/c24-19(22-11-13-9-20-10-14(13)12-22)18-16-7-4-8-17(16)23(21-18)15-5-2-1-3-6-15;/h1-3,5-6,13-14,20H,4,7-12H2;1H/t13-,14+;. The van der Waals surface area contributed by atoms with E-state index in [4.69, 9.17) is 5.10 Å². The molecule has 1 aliphatic carbocycles. The highest BCUT2D eigenvalue weighted by atomic mass is 35.5. The van der Waals surface area contributed by atoms with Gasteiger partial charge < -0.3 is 10.2 Å². The summed E-state index contributed by atoms with van der Waals surface area (Å²) >= 11 is 0. The van der Waals surface area contributed by atoms with Crippen LogP contribution in [-0.2, 0) is 12.8 Å². The molecule has 1 N–H and O–H groups in total. The number of amides is 1. The molecule has 132 valence electrons. The van der Waals surface area contributed by atoms with Gasteiger partial charge >= 0.3 is 0 Å². The molecular weight excluding hydrogens is 336 g/mol. The molecule has 2 aliphatic heterocycles. The Kier molecular flexibility index (Phi) is 4.29. The number of nitrogens with zero attached hydrogens (tertiary/aromatic N) is 3. The maximum Gasteiger partial charge on any atom is 0.274 e. The summed E-state index contributed by atoms with van der Waals surface area (Å²) in [5, 5.41) is 8.18. The zero-order chi connectivity index (χ0) is 16.1. The van der Waals surface area contributed by atoms with Crippen molar-refractivity contribution in [3.63, 3.8) is 0 Å². The molecule has 1 amide bonds. The molecule has 2 fully saturated rings. The highest BCUT2D eigenvalue weighted by Crippen LogP contribution is 2.31. The first-order valence-corrected chi connectivity index (χ1v) is 8.97. The molecule has 0 bridgehead atoms. The smallest absolute Gasteiger partial charge is 0.274 e. The summed E-state index contributed by atoms with van der Waals surface area (Å²) < 4.78 is 1.99. The van der Waals surface area contributed by atoms with Gasteiger partial charge in [-0.3, -0.25) is 4.79 Å². The van der Waals surface area contributed by atoms with E-state index in [9.17, 15) is 4.79 Å². The summed E-state index contributed by atoms with van der Waals surface area (Å²) in [4.78, 5) is 15.1. The van der Waals surface area contributed by atoms with Crippen molar-refractivity contribution in [1.82, 2.24) is 20.0 Å². The molecule has 5 nitrogen and oxygen atoms in total. The molecular formula is C19H23ClN4O. The molecule has 0 unspecified atom stereocenters. The molecule has 3 heterocycles. The van der Waals surface area contributed by atoms with Crippen LogP contribution in [0.5, 0.6) is 0 Å². The minimum atomic E-state index is 0. The summed E-state index contributed by atoms with van der Waals surface area (Å²) in [5.41, 5.74) is 4.15. The van der Waals surface area contributed by atoms with Crippen molar-refractivity contribution in [1.29, 1.82) is 0 Å². The molecule has 25 heavy (non-hydrogen) atoms. The van der Waals surface area contributed by atoms with Crippen molar-refractivity contribution in [2.24, 2.45) is 11.8 Å². The molecule has 0 radical (unpaired) electrons. The van der Waals surface area contributed by atoms with E-state index < -0.39 is 0 Å². The van der Waals surface area contributed by atoms with E-state index in [0.29, 0.717) is 17.5 Å². The van der Waals surface area contributed by atoms with Gasteiger partial charge in [-0.1, -0.05) is 18.2 Å². The Balaban J connectivity index is 0.00000157. The number of aromatic nitrogens is 2. The molecule has 1 aromatic carbocycles. The lowest BCUT2D eigenvalue weighted by Gasteiger charge is -2.16. The first-order valence-electron chi connectivity index (χ1n) is 8.97. The van der Waals surface area contributed by atoms with Gasteiger partial charge in [-0.2, -0.15) is 5.10 Å². The molecule has 0 saturated carbocycles. The largest absolute Gasteiger partial charge is 0.337 e. The predicted octanol–water partition coefficient (Wildman–Crippen LogP) is 2.07. The molecule has 6 heteroatoms. The quantitative estimate of drug-likeness (QED) is 0.894. The number of rotatable bonds is 2. The number of benzene rings is 1. The number of carbonyl (C=O) groups excluding carboxylic acids is 1. The number of hydrogen-bond acceptors (Lipinski definition) is 3. The van der Waals surface area contributed by atoms with Gasteiger partial charge in [-0.25, -0.2) is 4.68 Å². The Morgan fingerprint density at radius 3 is 2.52 bits per heavy atom. The number of halogens is 1. The first kappa shape index (κ1) is 16.6. The third-order valence-electron chi connectivity index (χ3n) is 5.81. The number of fused-ring (bicyclic) bond motifs is 2. The van der Waals surface area contributed by atoms with Crippen LogP contribution in [0.2, 0.25) is 0 Å². The molecule has 3 aliphatic rings. The fraction of sp³-hybridized carbons (Fsp3) is 0.474. The zero-order valence-electron chi connectivity index (χ0n) is 14.1. The van der Waals surface area contributed by atoms with E-state index in [1.54, 1.807) is 0 Å². The van der Waals surface area contributed by atoms with Crippen molar-refractivity contribution < 1.29 is 4.79 Å². The number of hydrogen-bond donors (Lipinski definition) is 1. The molecule has 2 saturated heterocycles. The monoisotopic (exact) mass is 358 g/mol. The highest BCUT2D eigenvalue weighted by Gasteiger charge is 2.40. The number of carbonyl (C=O) groups is 1. The highest BCUT2D eigenvalue weighted by molar-refractivity contribution is 5.94. The van der Waals surface area contributed by atoms with E-state index in [1.807, 2.05) is 27.8 Å².